The molecule has 110 valence electrons. The second-order valence-electron chi connectivity index (χ2n) is 5.48. The first kappa shape index (κ1) is 16.4. The molecular weight excluding hydrogens is 242 g/mol. The third kappa shape index (κ3) is 6.88. The van der Waals surface area contributed by atoms with E-state index < -0.39 is 5.54 Å². The van der Waals surface area contributed by atoms with Gasteiger partial charge in [-0.25, -0.2) is 0 Å². The molecule has 0 aromatic carbocycles. The molecule has 0 heterocycles. The van der Waals surface area contributed by atoms with E-state index in [1.54, 1.807) is 14.2 Å². The zero-order chi connectivity index (χ0) is 14.1. The molecule has 1 rings (SSSR count). The lowest BCUT2D eigenvalue weighted by atomic mass is 10.0. The Hall–Kier alpha value is -0.670. The Balaban J connectivity index is 2.44. The molecule has 1 saturated carbocycles. The van der Waals surface area contributed by atoms with Crippen LogP contribution >= 0.6 is 0 Å². The number of nitriles is 1. The fraction of sp³-hybridized carbons (Fsp3) is 0.929. The summed E-state index contributed by atoms with van der Waals surface area (Å²) in [5, 5.41) is 12.9. The first-order valence-electron chi connectivity index (χ1n) is 7.02. The Morgan fingerprint density at radius 1 is 1.26 bits per heavy atom. The van der Waals surface area contributed by atoms with Gasteiger partial charge in [0.1, 0.15) is 5.54 Å². The first-order valence-corrected chi connectivity index (χ1v) is 7.02. The van der Waals surface area contributed by atoms with Gasteiger partial charge in [-0.05, 0) is 26.2 Å². The van der Waals surface area contributed by atoms with Crippen LogP contribution in [0.5, 0.6) is 0 Å². The molecule has 1 aliphatic rings. The molecule has 0 radical (unpaired) electrons. The maximum atomic E-state index is 9.41. The van der Waals surface area contributed by atoms with Gasteiger partial charge in [-0.1, -0.05) is 0 Å². The van der Waals surface area contributed by atoms with Gasteiger partial charge in [0.15, 0.2) is 0 Å². The van der Waals surface area contributed by atoms with Crippen molar-refractivity contribution in [1.29, 1.82) is 5.26 Å². The Morgan fingerprint density at radius 3 is 2.47 bits per heavy atom. The highest BCUT2D eigenvalue weighted by atomic mass is 16.5. The summed E-state index contributed by atoms with van der Waals surface area (Å²) >= 11 is 0. The largest absolute Gasteiger partial charge is 0.385 e. The van der Waals surface area contributed by atoms with E-state index in [0.717, 1.165) is 32.7 Å². The lowest BCUT2D eigenvalue weighted by Gasteiger charge is -2.31. The number of rotatable bonds is 11. The van der Waals surface area contributed by atoms with Gasteiger partial charge >= 0.3 is 0 Å². The fourth-order valence-electron chi connectivity index (χ4n) is 2.16. The van der Waals surface area contributed by atoms with E-state index in [0.29, 0.717) is 12.6 Å². The molecule has 0 aliphatic heterocycles. The Kier molecular flexibility index (Phi) is 7.32. The van der Waals surface area contributed by atoms with Crippen LogP contribution in [-0.4, -0.2) is 63.5 Å². The molecule has 1 atom stereocenters. The van der Waals surface area contributed by atoms with Crippen LogP contribution in [0.25, 0.3) is 0 Å². The van der Waals surface area contributed by atoms with Crippen LogP contribution < -0.4 is 5.32 Å². The van der Waals surface area contributed by atoms with Crippen LogP contribution in [0.2, 0.25) is 0 Å². The second-order valence-corrected chi connectivity index (χ2v) is 5.48. The molecule has 0 aromatic heterocycles. The average Bonchev–Trinajstić information content (AvgIpc) is 3.19. The molecule has 19 heavy (non-hydrogen) atoms. The minimum atomic E-state index is -0.470. The van der Waals surface area contributed by atoms with Gasteiger partial charge in [0.05, 0.1) is 12.7 Å². The predicted molar refractivity (Wildman–Crippen MR) is 75.0 cm³/mol. The van der Waals surface area contributed by atoms with Crippen LogP contribution in [0.3, 0.4) is 0 Å². The molecule has 0 aromatic rings. The van der Waals surface area contributed by atoms with Crippen molar-refractivity contribution in [3.8, 4) is 6.07 Å². The number of methoxy groups -OCH3 is 2. The summed E-state index contributed by atoms with van der Waals surface area (Å²) < 4.78 is 10.2. The number of ether oxygens (including phenoxy) is 2. The van der Waals surface area contributed by atoms with Crippen LogP contribution in [0, 0.1) is 11.3 Å². The Bertz CT molecular complexity index is 289. The SMILES string of the molecule is COCCCN(CCOC)CC(C)(C#N)NC1CC1. The molecule has 1 unspecified atom stereocenters. The molecule has 0 amide bonds. The van der Waals surface area contributed by atoms with Crippen molar-refractivity contribution in [3.05, 3.63) is 0 Å². The minimum absolute atomic E-state index is 0.470. The number of nitrogens with one attached hydrogen (secondary N) is 1. The smallest absolute Gasteiger partial charge is 0.116 e. The zero-order valence-corrected chi connectivity index (χ0v) is 12.4. The van der Waals surface area contributed by atoms with E-state index in [1.807, 2.05) is 6.92 Å². The summed E-state index contributed by atoms with van der Waals surface area (Å²) in [6.07, 6.45) is 3.36. The summed E-state index contributed by atoms with van der Waals surface area (Å²) in [6.45, 7) is 5.94. The van der Waals surface area contributed by atoms with Crippen LogP contribution in [0.1, 0.15) is 26.2 Å². The Labute approximate surface area is 116 Å². The monoisotopic (exact) mass is 269 g/mol. The van der Waals surface area contributed by atoms with Crippen molar-refractivity contribution in [2.24, 2.45) is 0 Å². The molecular formula is C14H27N3O2. The van der Waals surface area contributed by atoms with Gasteiger partial charge in [0, 0.05) is 46.5 Å². The van der Waals surface area contributed by atoms with Gasteiger partial charge in [0.2, 0.25) is 0 Å². The summed E-state index contributed by atoms with van der Waals surface area (Å²) in [5.41, 5.74) is -0.470. The van der Waals surface area contributed by atoms with E-state index in [4.69, 9.17) is 9.47 Å². The average molecular weight is 269 g/mol. The summed E-state index contributed by atoms with van der Waals surface area (Å²) in [4.78, 5) is 2.28. The number of nitrogens with zero attached hydrogens (tertiary/aromatic N) is 2. The molecule has 5 nitrogen and oxygen atoms in total. The van der Waals surface area contributed by atoms with E-state index in [2.05, 4.69) is 16.3 Å². The lowest BCUT2D eigenvalue weighted by molar-refractivity contribution is 0.120. The summed E-state index contributed by atoms with van der Waals surface area (Å²) in [5.74, 6) is 0. The van der Waals surface area contributed by atoms with E-state index in [1.165, 1.54) is 12.8 Å². The van der Waals surface area contributed by atoms with Gasteiger partial charge in [-0.15, -0.1) is 0 Å². The van der Waals surface area contributed by atoms with Crippen LogP contribution in [-0.2, 0) is 9.47 Å². The van der Waals surface area contributed by atoms with Gasteiger partial charge in [-0.3, -0.25) is 10.2 Å². The topological polar surface area (TPSA) is 57.5 Å². The summed E-state index contributed by atoms with van der Waals surface area (Å²) in [7, 11) is 3.42. The predicted octanol–water partition coefficient (Wildman–Crippen LogP) is 1.01. The van der Waals surface area contributed by atoms with Crippen LogP contribution in [0.15, 0.2) is 0 Å². The van der Waals surface area contributed by atoms with Crippen molar-refractivity contribution >= 4 is 0 Å². The lowest BCUT2D eigenvalue weighted by Crippen LogP contribution is -2.52. The molecule has 1 N–H and O–H groups in total. The third-order valence-electron chi connectivity index (χ3n) is 3.32. The van der Waals surface area contributed by atoms with Crippen molar-refractivity contribution in [3.63, 3.8) is 0 Å². The van der Waals surface area contributed by atoms with Crippen molar-refractivity contribution in [1.82, 2.24) is 10.2 Å². The van der Waals surface area contributed by atoms with Crippen molar-refractivity contribution < 1.29 is 9.47 Å². The van der Waals surface area contributed by atoms with Gasteiger partial charge in [0.25, 0.3) is 0 Å². The highest BCUT2D eigenvalue weighted by molar-refractivity contribution is 5.08. The Morgan fingerprint density at radius 2 is 1.95 bits per heavy atom. The van der Waals surface area contributed by atoms with Crippen molar-refractivity contribution in [2.75, 3.05) is 47.1 Å². The fourth-order valence-corrected chi connectivity index (χ4v) is 2.16. The standard InChI is InChI=1S/C14H27N3O2/c1-14(11-15,16-13-5-6-13)12-17(8-10-19-3)7-4-9-18-2/h13,16H,4-10,12H2,1-3H3. The van der Waals surface area contributed by atoms with Gasteiger partial charge in [-0.2, -0.15) is 5.26 Å². The molecule has 1 fully saturated rings. The highest BCUT2D eigenvalue weighted by Gasteiger charge is 2.33. The molecule has 0 bridgehead atoms. The first-order chi connectivity index (χ1) is 9.13. The number of hydrogen-bond acceptors (Lipinski definition) is 5. The molecule has 5 heteroatoms. The zero-order valence-electron chi connectivity index (χ0n) is 12.4. The second kappa shape index (κ2) is 8.49. The molecule has 1 aliphatic carbocycles. The number of hydrogen-bond donors (Lipinski definition) is 1. The maximum Gasteiger partial charge on any atom is 0.116 e. The molecule has 0 spiro atoms. The van der Waals surface area contributed by atoms with E-state index in [9.17, 15) is 5.26 Å². The highest BCUT2D eigenvalue weighted by Crippen LogP contribution is 2.22. The van der Waals surface area contributed by atoms with E-state index in [-0.39, 0.29) is 0 Å². The quantitative estimate of drug-likeness (QED) is 0.567. The molecule has 0 saturated heterocycles. The maximum absolute atomic E-state index is 9.41. The summed E-state index contributed by atoms with van der Waals surface area (Å²) in [6, 6.07) is 2.96. The normalized spacial score (nSPS) is 18.3. The van der Waals surface area contributed by atoms with Crippen molar-refractivity contribution in [2.45, 2.75) is 37.8 Å². The minimum Gasteiger partial charge on any atom is -0.385 e. The van der Waals surface area contributed by atoms with Crippen LogP contribution in [0.4, 0.5) is 0 Å². The van der Waals surface area contributed by atoms with E-state index >= 15 is 0 Å². The van der Waals surface area contributed by atoms with Gasteiger partial charge < -0.3 is 9.47 Å². The third-order valence-corrected chi connectivity index (χ3v) is 3.32.